The Balaban J connectivity index is 1.95. The van der Waals surface area contributed by atoms with E-state index in [0.717, 1.165) is 17.4 Å². The summed E-state index contributed by atoms with van der Waals surface area (Å²) in [6, 6.07) is 0.858. The second-order valence-electron chi connectivity index (χ2n) is 5.27. The predicted molar refractivity (Wildman–Crippen MR) is 52.2 cm³/mol. The van der Waals surface area contributed by atoms with Gasteiger partial charge in [-0.25, -0.2) is 0 Å². The highest BCUT2D eigenvalue weighted by Crippen LogP contribution is 2.53. The molecule has 0 aromatic heterocycles. The minimum atomic E-state index is 0.792. The van der Waals surface area contributed by atoms with Gasteiger partial charge >= 0.3 is 0 Å². The van der Waals surface area contributed by atoms with Gasteiger partial charge in [0.05, 0.1) is 0 Å². The third kappa shape index (κ3) is 1.39. The van der Waals surface area contributed by atoms with Crippen molar-refractivity contribution < 1.29 is 0 Å². The van der Waals surface area contributed by atoms with Crippen LogP contribution in [0.25, 0.3) is 0 Å². The van der Waals surface area contributed by atoms with E-state index in [1.807, 2.05) is 0 Å². The van der Waals surface area contributed by atoms with Gasteiger partial charge in [0.25, 0.3) is 0 Å². The zero-order valence-electron chi connectivity index (χ0n) is 8.64. The number of piperidine rings is 1. The fraction of sp³-hybridized carbons (Fsp3) is 1.00. The molecule has 0 N–H and O–H groups in total. The summed E-state index contributed by atoms with van der Waals surface area (Å²) in [4.78, 5) is 2.60. The Morgan fingerprint density at radius 1 is 1.25 bits per heavy atom. The number of likely N-dealkylation sites (tertiary alicyclic amines) is 1. The van der Waals surface area contributed by atoms with Crippen LogP contribution < -0.4 is 0 Å². The largest absolute Gasteiger partial charge is 0.303 e. The molecule has 2 rings (SSSR count). The molecule has 1 saturated heterocycles. The maximum absolute atomic E-state index is 2.60. The molecular weight excluding hydrogens is 146 g/mol. The van der Waals surface area contributed by atoms with Crippen molar-refractivity contribution in [1.29, 1.82) is 0 Å². The average Bonchev–Trinajstić information content (AvgIpc) is 2.68. The maximum atomic E-state index is 2.60. The summed E-state index contributed by atoms with van der Waals surface area (Å²) in [6.07, 6.45) is 5.94. The molecule has 0 radical (unpaired) electrons. The Morgan fingerprint density at radius 3 is 2.33 bits per heavy atom. The van der Waals surface area contributed by atoms with Crippen molar-refractivity contribution in [2.24, 2.45) is 11.3 Å². The van der Waals surface area contributed by atoms with E-state index >= 15 is 0 Å². The van der Waals surface area contributed by atoms with Gasteiger partial charge in [0.15, 0.2) is 0 Å². The number of nitrogens with zero attached hydrogens (tertiary/aromatic N) is 1. The third-order valence-electron chi connectivity index (χ3n) is 3.85. The molecule has 0 aromatic carbocycles. The zero-order valence-corrected chi connectivity index (χ0v) is 8.64. The molecule has 1 spiro atoms. The van der Waals surface area contributed by atoms with Gasteiger partial charge in [-0.15, -0.1) is 0 Å². The van der Waals surface area contributed by atoms with Crippen LogP contribution in [0.2, 0.25) is 0 Å². The Bertz CT molecular complexity index is 170. The summed E-state index contributed by atoms with van der Waals surface area (Å²) < 4.78 is 0. The molecule has 12 heavy (non-hydrogen) atoms. The summed E-state index contributed by atoms with van der Waals surface area (Å²) in [5, 5.41) is 0. The highest BCUT2D eigenvalue weighted by Gasteiger charge is 2.47. The second kappa shape index (κ2) is 2.73. The standard InChI is InChI=1S/C11H21N/c1-9(2)10-4-5-11(6-7-11)8-12(10)3/h9-10H,4-8H2,1-3H3. The molecule has 1 aliphatic heterocycles. The minimum Gasteiger partial charge on any atom is -0.303 e. The molecule has 1 saturated carbocycles. The summed E-state index contributed by atoms with van der Waals surface area (Å²) in [5.41, 5.74) is 0.792. The lowest BCUT2D eigenvalue weighted by atomic mass is 9.86. The molecule has 1 aliphatic carbocycles. The first-order valence-corrected chi connectivity index (χ1v) is 5.33. The van der Waals surface area contributed by atoms with Crippen LogP contribution in [0.3, 0.4) is 0 Å². The lowest BCUT2D eigenvalue weighted by Crippen LogP contribution is -2.44. The quantitative estimate of drug-likeness (QED) is 0.580. The monoisotopic (exact) mass is 167 g/mol. The van der Waals surface area contributed by atoms with Crippen LogP contribution in [-0.4, -0.2) is 24.5 Å². The van der Waals surface area contributed by atoms with E-state index in [1.165, 1.54) is 32.2 Å². The normalized spacial score (nSPS) is 34.5. The van der Waals surface area contributed by atoms with Crippen molar-refractivity contribution in [2.75, 3.05) is 13.6 Å². The highest BCUT2D eigenvalue weighted by atomic mass is 15.2. The van der Waals surface area contributed by atoms with E-state index in [-0.39, 0.29) is 0 Å². The van der Waals surface area contributed by atoms with Gasteiger partial charge in [-0.2, -0.15) is 0 Å². The molecule has 1 heteroatoms. The van der Waals surface area contributed by atoms with Gasteiger partial charge < -0.3 is 4.90 Å². The van der Waals surface area contributed by atoms with Crippen LogP contribution in [0.4, 0.5) is 0 Å². The van der Waals surface area contributed by atoms with Gasteiger partial charge in [0, 0.05) is 12.6 Å². The maximum Gasteiger partial charge on any atom is 0.0116 e. The zero-order chi connectivity index (χ0) is 8.77. The Morgan fingerprint density at radius 2 is 1.92 bits per heavy atom. The van der Waals surface area contributed by atoms with Crippen LogP contribution in [0.5, 0.6) is 0 Å². The molecule has 2 fully saturated rings. The number of rotatable bonds is 1. The van der Waals surface area contributed by atoms with Crippen molar-refractivity contribution in [2.45, 2.75) is 45.6 Å². The number of hydrogen-bond donors (Lipinski definition) is 0. The van der Waals surface area contributed by atoms with Crippen LogP contribution in [0.15, 0.2) is 0 Å². The van der Waals surface area contributed by atoms with Gasteiger partial charge in [-0.3, -0.25) is 0 Å². The third-order valence-corrected chi connectivity index (χ3v) is 3.85. The van der Waals surface area contributed by atoms with E-state index in [0.29, 0.717) is 0 Å². The SMILES string of the molecule is CC(C)C1CCC2(CC2)CN1C. The topological polar surface area (TPSA) is 3.24 Å². The molecule has 0 bridgehead atoms. The lowest BCUT2D eigenvalue weighted by Gasteiger charge is -2.39. The van der Waals surface area contributed by atoms with E-state index in [9.17, 15) is 0 Å². The van der Waals surface area contributed by atoms with E-state index in [1.54, 1.807) is 0 Å². The van der Waals surface area contributed by atoms with Crippen LogP contribution >= 0.6 is 0 Å². The first-order valence-electron chi connectivity index (χ1n) is 5.33. The summed E-state index contributed by atoms with van der Waals surface area (Å²) in [6.45, 7) is 6.08. The minimum absolute atomic E-state index is 0.792. The summed E-state index contributed by atoms with van der Waals surface area (Å²) >= 11 is 0. The molecule has 1 heterocycles. The smallest absolute Gasteiger partial charge is 0.0116 e. The molecule has 1 nitrogen and oxygen atoms in total. The van der Waals surface area contributed by atoms with Crippen molar-refractivity contribution in [3.05, 3.63) is 0 Å². The van der Waals surface area contributed by atoms with Crippen LogP contribution in [0.1, 0.15) is 39.5 Å². The van der Waals surface area contributed by atoms with Crippen LogP contribution in [0, 0.1) is 11.3 Å². The van der Waals surface area contributed by atoms with Crippen molar-refractivity contribution in [3.63, 3.8) is 0 Å². The second-order valence-corrected chi connectivity index (χ2v) is 5.27. The van der Waals surface area contributed by atoms with Gasteiger partial charge in [0.1, 0.15) is 0 Å². The Kier molecular flexibility index (Phi) is 1.95. The lowest BCUT2D eigenvalue weighted by molar-refractivity contribution is 0.0944. The van der Waals surface area contributed by atoms with E-state index in [4.69, 9.17) is 0 Å². The molecule has 0 amide bonds. The Hall–Kier alpha value is -0.0400. The predicted octanol–water partition coefficient (Wildman–Crippen LogP) is 2.52. The Labute approximate surface area is 76.1 Å². The van der Waals surface area contributed by atoms with Gasteiger partial charge in [-0.1, -0.05) is 13.8 Å². The highest BCUT2D eigenvalue weighted by molar-refractivity contribution is 5.00. The van der Waals surface area contributed by atoms with Crippen molar-refractivity contribution >= 4 is 0 Å². The first-order chi connectivity index (χ1) is 5.63. The molecular formula is C11H21N. The average molecular weight is 167 g/mol. The van der Waals surface area contributed by atoms with Gasteiger partial charge in [-0.05, 0) is 44.1 Å². The summed E-state index contributed by atoms with van der Waals surface area (Å²) in [5.74, 6) is 0.839. The van der Waals surface area contributed by atoms with Crippen LogP contribution in [-0.2, 0) is 0 Å². The molecule has 2 aliphatic rings. The molecule has 1 unspecified atom stereocenters. The molecule has 0 aromatic rings. The molecule has 1 atom stereocenters. The fourth-order valence-electron chi connectivity index (χ4n) is 2.83. The van der Waals surface area contributed by atoms with E-state index in [2.05, 4.69) is 25.8 Å². The number of hydrogen-bond acceptors (Lipinski definition) is 1. The van der Waals surface area contributed by atoms with Crippen molar-refractivity contribution in [3.8, 4) is 0 Å². The fourth-order valence-corrected chi connectivity index (χ4v) is 2.83. The molecule has 70 valence electrons. The van der Waals surface area contributed by atoms with E-state index < -0.39 is 0 Å². The first kappa shape index (κ1) is 8.55. The summed E-state index contributed by atoms with van der Waals surface area (Å²) in [7, 11) is 2.31. The van der Waals surface area contributed by atoms with Gasteiger partial charge in [0.2, 0.25) is 0 Å². The van der Waals surface area contributed by atoms with Crippen molar-refractivity contribution in [1.82, 2.24) is 4.90 Å².